The van der Waals surface area contributed by atoms with Gasteiger partial charge in [-0.15, -0.1) is 0 Å². The number of rotatable bonds is 9. The molecule has 0 aliphatic carbocycles. The maximum Gasteiger partial charge on any atom is 0.252 e. The number of nitrogens with zero attached hydrogens (tertiary/aromatic N) is 3. The van der Waals surface area contributed by atoms with Crippen LogP contribution in [0.3, 0.4) is 0 Å². The molecule has 4 rings (SSSR count). The van der Waals surface area contributed by atoms with Crippen LogP contribution in [0.25, 0.3) is 0 Å². The van der Waals surface area contributed by atoms with E-state index in [1.165, 1.54) is 16.4 Å². The number of benzene rings is 2. The first-order valence-electron chi connectivity index (χ1n) is 11.4. The summed E-state index contributed by atoms with van der Waals surface area (Å²) < 4.78 is 39.2. The van der Waals surface area contributed by atoms with E-state index in [4.69, 9.17) is 9.47 Å². The van der Waals surface area contributed by atoms with Crippen molar-refractivity contribution in [2.45, 2.75) is 24.3 Å². The molecule has 2 amide bonds. The summed E-state index contributed by atoms with van der Waals surface area (Å²) >= 11 is 0. The van der Waals surface area contributed by atoms with Crippen LogP contribution in [-0.2, 0) is 24.3 Å². The molecule has 1 unspecified atom stereocenters. The van der Waals surface area contributed by atoms with Crippen LogP contribution in [0.1, 0.15) is 13.3 Å². The van der Waals surface area contributed by atoms with E-state index in [-0.39, 0.29) is 17.9 Å². The second-order valence-corrected chi connectivity index (χ2v) is 9.99. The van der Waals surface area contributed by atoms with Gasteiger partial charge >= 0.3 is 0 Å². The zero-order valence-corrected chi connectivity index (χ0v) is 19.9. The average Bonchev–Trinajstić information content (AvgIpc) is 3.14. The van der Waals surface area contributed by atoms with Crippen LogP contribution in [0.2, 0.25) is 0 Å². The maximum absolute atomic E-state index is 13.6. The summed E-state index contributed by atoms with van der Waals surface area (Å²) in [6.07, 6.45) is -0.207. The van der Waals surface area contributed by atoms with Gasteiger partial charge in [-0.05, 0) is 43.3 Å². The number of amides is 2. The molecule has 2 saturated heterocycles. The van der Waals surface area contributed by atoms with Gasteiger partial charge < -0.3 is 9.47 Å². The lowest BCUT2D eigenvalue weighted by Crippen LogP contribution is -2.49. The summed E-state index contributed by atoms with van der Waals surface area (Å²) in [5, 5.41) is 0. The fourth-order valence-electron chi connectivity index (χ4n) is 4.21. The van der Waals surface area contributed by atoms with Gasteiger partial charge in [0.2, 0.25) is 15.9 Å². The number of hydrogen-bond acceptors (Lipinski definition) is 7. The van der Waals surface area contributed by atoms with E-state index in [0.717, 1.165) is 4.90 Å². The molecule has 2 aliphatic rings. The van der Waals surface area contributed by atoms with Gasteiger partial charge in [-0.1, -0.05) is 18.2 Å². The summed E-state index contributed by atoms with van der Waals surface area (Å²) in [6.45, 7) is 5.44. The Morgan fingerprint density at radius 2 is 1.71 bits per heavy atom. The third-order valence-corrected chi connectivity index (χ3v) is 7.89. The van der Waals surface area contributed by atoms with Crippen molar-refractivity contribution in [3.8, 4) is 5.75 Å². The van der Waals surface area contributed by atoms with E-state index >= 15 is 0 Å². The van der Waals surface area contributed by atoms with Crippen LogP contribution in [0.4, 0.5) is 5.69 Å². The van der Waals surface area contributed by atoms with Crippen LogP contribution < -0.4 is 9.64 Å². The minimum absolute atomic E-state index is 0.0942. The molecule has 34 heavy (non-hydrogen) atoms. The zero-order valence-electron chi connectivity index (χ0n) is 19.1. The molecule has 0 spiro atoms. The van der Waals surface area contributed by atoms with E-state index < -0.39 is 27.9 Å². The lowest BCUT2D eigenvalue weighted by molar-refractivity contribution is -0.122. The summed E-state index contributed by atoms with van der Waals surface area (Å²) in [7, 11) is -4.01. The fourth-order valence-corrected chi connectivity index (χ4v) is 5.80. The topological polar surface area (TPSA) is 96.5 Å². The SMILES string of the molecule is CCOc1ccc(N2C(=O)CC(N(CCN3CCOCC3)S(=O)(=O)c3ccccc3)C2=O)cc1. The highest BCUT2D eigenvalue weighted by Gasteiger charge is 2.46. The molecule has 182 valence electrons. The number of imide groups is 1. The summed E-state index contributed by atoms with van der Waals surface area (Å²) in [4.78, 5) is 29.6. The van der Waals surface area contributed by atoms with Gasteiger partial charge in [-0.3, -0.25) is 14.5 Å². The van der Waals surface area contributed by atoms with Crippen molar-refractivity contribution >= 4 is 27.5 Å². The average molecular weight is 488 g/mol. The lowest BCUT2D eigenvalue weighted by atomic mass is 10.2. The maximum atomic E-state index is 13.6. The molecule has 0 aromatic heterocycles. The van der Waals surface area contributed by atoms with Crippen molar-refractivity contribution in [3.63, 3.8) is 0 Å². The number of anilines is 1. The number of morpholine rings is 1. The highest BCUT2D eigenvalue weighted by Crippen LogP contribution is 2.30. The molecule has 9 nitrogen and oxygen atoms in total. The summed E-state index contributed by atoms with van der Waals surface area (Å²) in [5.74, 6) is -0.352. The van der Waals surface area contributed by atoms with E-state index in [2.05, 4.69) is 4.90 Å². The van der Waals surface area contributed by atoms with Crippen LogP contribution in [0.15, 0.2) is 59.5 Å². The quantitative estimate of drug-likeness (QED) is 0.497. The van der Waals surface area contributed by atoms with Gasteiger partial charge in [0.05, 0.1) is 36.8 Å². The number of carbonyl (C=O) groups excluding carboxylic acids is 2. The lowest BCUT2D eigenvalue weighted by Gasteiger charge is -2.31. The van der Waals surface area contributed by atoms with Gasteiger partial charge in [0, 0.05) is 26.2 Å². The van der Waals surface area contributed by atoms with Crippen molar-refractivity contribution in [1.82, 2.24) is 9.21 Å². The van der Waals surface area contributed by atoms with Gasteiger partial charge in [0.1, 0.15) is 11.8 Å². The van der Waals surface area contributed by atoms with Crippen molar-refractivity contribution in [2.75, 3.05) is 50.9 Å². The van der Waals surface area contributed by atoms with Gasteiger partial charge in [-0.2, -0.15) is 4.31 Å². The molecule has 2 aliphatic heterocycles. The summed E-state index contributed by atoms with van der Waals surface area (Å²) in [6, 6.07) is 13.5. The van der Waals surface area contributed by atoms with Crippen LogP contribution >= 0.6 is 0 Å². The Kier molecular flexibility index (Phi) is 7.62. The van der Waals surface area contributed by atoms with Gasteiger partial charge in [0.15, 0.2) is 0 Å². The van der Waals surface area contributed by atoms with Crippen LogP contribution in [0.5, 0.6) is 5.75 Å². The Balaban J connectivity index is 1.61. The zero-order chi connectivity index (χ0) is 24.1. The molecule has 2 heterocycles. The molecule has 0 bridgehead atoms. The van der Waals surface area contributed by atoms with Gasteiger partial charge in [-0.25, -0.2) is 13.3 Å². The first-order valence-corrected chi connectivity index (χ1v) is 12.8. The largest absolute Gasteiger partial charge is 0.494 e. The molecule has 2 aromatic rings. The van der Waals surface area contributed by atoms with Crippen LogP contribution in [0, 0.1) is 0 Å². The van der Waals surface area contributed by atoms with Crippen molar-refractivity contribution in [3.05, 3.63) is 54.6 Å². The second-order valence-electron chi connectivity index (χ2n) is 8.10. The first-order chi connectivity index (χ1) is 16.4. The summed E-state index contributed by atoms with van der Waals surface area (Å²) in [5.41, 5.74) is 0.395. The highest BCUT2D eigenvalue weighted by atomic mass is 32.2. The normalized spacial score (nSPS) is 19.7. The third kappa shape index (κ3) is 5.15. The standard InChI is InChI=1S/C24H29N3O6S/c1-2-33-20-10-8-19(9-11-20)27-23(28)18-22(24(27)29)26(13-12-25-14-16-32-17-15-25)34(30,31)21-6-4-3-5-7-21/h3-11,22H,2,12-18H2,1H3. The number of sulfonamides is 1. The minimum atomic E-state index is -4.01. The Hall–Kier alpha value is -2.79. The molecule has 2 fully saturated rings. The van der Waals surface area contributed by atoms with Crippen molar-refractivity contribution in [1.29, 1.82) is 0 Å². The van der Waals surface area contributed by atoms with Crippen molar-refractivity contribution < 1.29 is 27.5 Å². The van der Waals surface area contributed by atoms with E-state index in [0.29, 0.717) is 50.9 Å². The van der Waals surface area contributed by atoms with E-state index in [1.54, 1.807) is 42.5 Å². The second kappa shape index (κ2) is 10.6. The number of carbonyl (C=O) groups is 2. The molecule has 0 saturated carbocycles. The van der Waals surface area contributed by atoms with Gasteiger partial charge in [0.25, 0.3) is 5.91 Å². The van der Waals surface area contributed by atoms with Crippen molar-refractivity contribution in [2.24, 2.45) is 0 Å². The Labute approximate surface area is 199 Å². The molecule has 0 N–H and O–H groups in total. The molecular formula is C24H29N3O6S. The monoisotopic (exact) mass is 487 g/mol. The molecule has 2 aromatic carbocycles. The van der Waals surface area contributed by atoms with Crippen LogP contribution in [-0.4, -0.2) is 81.5 Å². The molecule has 0 radical (unpaired) electrons. The predicted molar refractivity (Wildman–Crippen MR) is 126 cm³/mol. The third-order valence-electron chi connectivity index (χ3n) is 5.97. The highest BCUT2D eigenvalue weighted by molar-refractivity contribution is 7.89. The number of hydrogen-bond donors (Lipinski definition) is 0. The Bertz CT molecular complexity index is 1100. The first kappa shape index (κ1) is 24.3. The Morgan fingerprint density at radius 1 is 1.03 bits per heavy atom. The fraction of sp³-hybridized carbons (Fsp3) is 0.417. The molecule has 10 heteroatoms. The minimum Gasteiger partial charge on any atom is -0.494 e. The molecule has 1 atom stereocenters. The van der Waals surface area contributed by atoms with E-state index in [1.807, 2.05) is 6.92 Å². The van der Waals surface area contributed by atoms with E-state index in [9.17, 15) is 18.0 Å². The molecular weight excluding hydrogens is 458 g/mol. The number of ether oxygens (including phenoxy) is 2. The predicted octanol–water partition coefficient (Wildman–Crippen LogP) is 1.74. The smallest absolute Gasteiger partial charge is 0.252 e. The Morgan fingerprint density at radius 3 is 2.35 bits per heavy atom.